The van der Waals surface area contributed by atoms with Gasteiger partial charge in [0.2, 0.25) is 5.91 Å². The number of likely N-dealkylation sites (tertiary alicyclic amines) is 1. The number of carbonyl (C=O) groups excluding carboxylic acids is 1. The molecule has 108 valence electrons. The number of rotatable bonds is 5. The van der Waals surface area contributed by atoms with Gasteiger partial charge in [0, 0.05) is 25.1 Å². The minimum Gasteiger partial charge on any atom is -0.481 e. The van der Waals surface area contributed by atoms with E-state index in [1.165, 1.54) is 11.0 Å². The maximum absolute atomic E-state index is 12.3. The highest BCUT2D eigenvalue weighted by Gasteiger charge is 2.34. The fourth-order valence-corrected chi connectivity index (χ4v) is 2.14. The van der Waals surface area contributed by atoms with Gasteiger partial charge in [-0.05, 0) is 6.07 Å². The highest BCUT2D eigenvalue weighted by atomic mass is 19.3. The second-order valence-electron chi connectivity index (χ2n) is 4.50. The lowest BCUT2D eigenvalue weighted by Gasteiger charge is -2.18. The van der Waals surface area contributed by atoms with Crippen LogP contribution in [0.5, 0.6) is 5.75 Å². The Labute approximate surface area is 113 Å². The Morgan fingerprint density at radius 3 is 2.75 bits per heavy atom. The largest absolute Gasteiger partial charge is 0.481 e. The second-order valence-corrected chi connectivity index (χ2v) is 4.50. The third-order valence-corrected chi connectivity index (χ3v) is 3.11. The van der Waals surface area contributed by atoms with Gasteiger partial charge in [0.05, 0.1) is 5.92 Å². The van der Waals surface area contributed by atoms with E-state index in [4.69, 9.17) is 5.11 Å². The molecule has 0 aliphatic carbocycles. The van der Waals surface area contributed by atoms with E-state index in [9.17, 15) is 18.4 Å². The maximum Gasteiger partial charge on any atom is 0.387 e. The lowest BCUT2D eigenvalue weighted by Crippen LogP contribution is -2.26. The van der Waals surface area contributed by atoms with Crippen LogP contribution in [0.4, 0.5) is 8.78 Å². The van der Waals surface area contributed by atoms with Crippen molar-refractivity contribution in [2.45, 2.75) is 19.6 Å². The van der Waals surface area contributed by atoms with Gasteiger partial charge in [-0.3, -0.25) is 9.59 Å². The minimum absolute atomic E-state index is 0.00549. The van der Waals surface area contributed by atoms with Crippen LogP contribution in [-0.2, 0) is 16.1 Å². The molecule has 1 amide bonds. The van der Waals surface area contributed by atoms with Crippen LogP contribution in [0.15, 0.2) is 24.3 Å². The molecule has 1 aliphatic rings. The van der Waals surface area contributed by atoms with Crippen LogP contribution in [0.1, 0.15) is 12.0 Å². The molecular weight excluding hydrogens is 272 g/mol. The summed E-state index contributed by atoms with van der Waals surface area (Å²) in [5, 5.41) is 8.89. The van der Waals surface area contributed by atoms with Crippen LogP contribution in [0.25, 0.3) is 0 Å². The van der Waals surface area contributed by atoms with E-state index in [0.717, 1.165) is 0 Å². The molecule has 0 spiro atoms. The molecule has 5 nitrogen and oxygen atoms in total. The molecule has 2 rings (SSSR count). The normalized spacial score (nSPS) is 18.6. The van der Waals surface area contributed by atoms with Crippen LogP contribution in [0.2, 0.25) is 0 Å². The summed E-state index contributed by atoms with van der Waals surface area (Å²) in [7, 11) is 0. The van der Waals surface area contributed by atoms with Crippen molar-refractivity contribution in [1.29, 1.82) is 0 Å². The first-order valence-corrected chi connectivity index (χ1v) is 6.00. The van der Waals surface area contributed by atoms with Gasteiger partial charge in [-0.1, -0.05) is 18.2 Å². The Morgan fingerprint density at radius 2 is 2.15 bits per heavy atom. The molecule has 1 aliphatic heterocycles. The van der Waals surface area contributed by atoms with Crippen LogP contribution in [0.3, 0.4) is 0 Å². The van der Waals surface area contributed by atoms with E-state index in [1.54, 1.807) is 18.2 Å². The average Bonchev–Trinajstić information content (AvgIpc) is 2.73. The Balaban J connectivity index is 2.10. The number of hydrogen-bond acceptors (Lipinski definition) is 3. The number of carbonyl (C=O) groups is 2. The average molecular weight is 285 g/mol. The number of hydrogen-bond donors (Lipinski definition) is 1. The maximum atomic E-state index is 12.3. The second kappa shape index (κ2) is 5.85. The van der Waals surface area contributed by atoms with Crippen LogP contribution < -0.4 is 4.74 Å². The number of halogens is 2. The summed E-state index contributed by atoms with van der Waals surface area (Å²) in [6.07, 6.45) is -0.0623. The zero-order valence-electron chi connectivity index (χ0n) is 10.5. The van der Waals surface area contributed by atoms with Crippen molar-refractivity contribution in [1.82, 2.24) is 4.90 Å². The first-order chi connectivity index (χ1) is 9.47. The lowest BCUT2D eigenvalue weighted by molar-refractivity contribution is -0.141. The van der Waals surface area contributed by atoms with Crippen LogP contribution in [-0.4, -0.2) is 35.0 Å². The van der Waals surface area contributed by atoms with E-state index < -0.39 is 18.5 Å². The number of carboxylic acid groups (broad SMARTS) is 1. The molecule has 0 saturated carbocycles. The predicted octanol–water partition coefficient (Wildman–Crippen LogP) is 1.72. The summed E-state index contributed by atoms with van der Waals surface area (Å²) in [4.78, 5) is 23.9. The summed E-state index contributed by atoms with van der Waals surface area (Å²) in [5.41, 5.74) is 0.423. The number of nitrogens with zero attached hydrogens (tertiary/aromatic N) is 1. The topological polar surface area (TPSA) is 66.8 Å². The summed E-state index contributed by atoms with van der Waals surface area (Å²) in [5.74, 6) is -2.08. The Kier molecular flexibility index (Phi) is 4.16. The zero-order chi connectivity index (χ0) is 14.7. The number of amides is 1. The van der Waals surface area contributed by atoms with Crippen molar-refractivity contribution >= 4 is 11.9 Å². The van der Waals surface area contributed by atoms with Gasteiger partial charge in [0.25, 0.3) is 0 Å². The molecule has 1 N–H and O–H groups in total. The van der Waals surface area contributed by atoms with Gasteiger partial charge in [0.1, 0.15) is 5.75 Å². The lowest BCUT2D eigenvalue weighted by atomic mass is 10.1. The minimum atomic E-state index is -2.95. The van der Waals surface area contributed by atoms with Gasteiger partial charge in [0.15, 0.2) is 0 Å². The Hall–Kier alpha value is -2.18. The smallest absolute Gasteiger partial charge is 0.387 e. The summed E-state index contributed by atoms with van der Waals surface area (Å²) >= 11 is 0. The fourth-order valence-electron chi connectivity index (χ4n) is 2.14. The molecule has 0 radical (unpaired) electrons. The van der Waals surface area contributed by atoms with Gasteiger partial charge in [-0.2, -0.15) is 8.78 Å². The molecule has 0 aromatic heterocycles. The van der Waals surface area contributed by atoms with E-state index >= 15 is 0 Å². The Morgan fingerprint density at radius 1 is 1.45 bits per heavy atom. The first kappa shape index (κ1) is 14.2. The van der Waals surface area contributed by atoms with Crippen molar-refractivity contribution in [3.63, 3.8) is 0 Å². The van der Waals surface area contributed by atoms with E-state index in [1.807, 2.05) is 0 Å². The third kappa shape index (κ3) is 3.23. The first-order valence-electron chi connectivity index (χ1n) is 6.00. The molecule has 1 atom stereocenters. The summed E-state index contributed by atoms with van der Waals surface area (Å²) in [6.45, 7) is -2.81. The summed E-state index contributed by atoms with van der Waals surface area (Å²) < 4.78 is 28.9. The summed E-state index contributed by atoms with van der Waals surface area (Å²) in [6, 6.07) is 6.14. The fraction of sp³-hybridized carbons (Fsp3) is 0.385. The number of alkyl halides is 2. The predicted molar refractivity (Wildman–Crippen MR) is 64.2 cm³/mol. The monoisotopic (exact) mass is 285 g/mol. The highest BCUT2D eigenvalue weighted by Crippen LogP contribution is 2.25. The number of aliphatic carboxylic acids is 1. The Bertz CT molecular complexity index is 521. The van der Waals surface area contributed by atoms with Gasteiger partial charge >= 0.3 is 12.6 Å². The molecule has 0 bridgehead atoms. The molecule has 1 heterocycles. The molecular formula is C13H13F2NO4. The van der Waals surface area contributed by atoms with Gasteiger partial charge < -0.3 is 14.7 Å². The highest BCUT2D eigenvalue weighted by molar-refractivity contribution is 5.86. The van der Waals surface area contributed by atoms with Crippen molar-refractivity contribution in [2.24, 2.45) is 5.92 Å². The molecule has 1 aromatic rings. The van der Waals surface area contributed by atoms with Crippen molar-refractivity contribution in [3.8, 4) is 5.75 Å². The number of ether oxygens (including phenoxy) is 1. The van der Waals surface area contributed by atoms with E-state index in [-0.39, 0.29) is 31.2 Å². The SMILES string of the molecule is O=C(O)C1CC(=O)N(Cc2ccccc2OC(F)F)C1. The van der Waals surface area contributed by atoms with E-state index in [0.29, 0.717) is 5.56 Å². The van der Waals surface area contributed by atoms with E-state index in [2.05, 4.69) is 4.74 Å². The molecule has 7 heteroatoms. The molecule has 1 saturated heterocycles. The standard InChI is InChI=1S/C13H13F2NO4/c14-13(15)20-10-4-2-1-3-8(10)6-16-7-9(12(18)19)5-11(16)17/h1-4,9,13H,5-7H2,(H,18,19). The van der Waals surface area contributed by atoms with Crippen molar-refractivity contribution < 1.29 is 28.2 Å². The molecule has 1 aromatic carbocycles. The van der Waals surface area contributed by atoms with Crippen LogP contribution >= 0.6 is 0 Å². The number of para-hydroxylation sites is 1. The van der Waals surface area contributed by atoms with Gasteiger partial charge in [-0.15, -0.1) is 0 Å². The number of carboxylic acids is 1. The molecule has 1 unspecified atom stereocenters. The van der Waals surface area contributed by atoms with Crippen LogP contribution in [0, 0.1) is 5.92 Å². The number of benzene rings is 1. The van der Waals surface area contributed by atoms with Crippen molar-refractivity contribution in [3.05, 3.63) is 29.8 Å². The zero-order valence-corrected chi connectivity index (χ0v) is 10.5. The quantitative estimate of drug-likeness (QED) is 0.894. The molecule has 1 fully saturated rings. The third-order valence-electron chi connectivity index (χ3n) is 3.11. The van der Waals surface area contributed by atoms with Gasteiger partial charge in [-0.25, -0.2) is 0 Å². The molecule has 20 heavy (non-hydrogen) atoms. The van der Waals surface area contributed by atoms with Crippen molar-refractivity contribution in [2.75, 3.05) is 6.54 Å².